The Hall–Kier alpha value is -1.97. The fourth-order valence-corrected chi connectivity index (χ4v) is 1.51. The summed E-state index contributed by atoms with van der Waals surface area (Å²) in [4.78, 5) is 4.07. The molecule has 0 aliphatic heterocycles. The first-order valence-electron chi connectivity index (χ1n) is 4.65. The minimum absolute atomic E-state index is 0.688. The highest BCUT2D eigenvalue weighted by Crippen LogP contribution is 2.25. The first kappa shape index (κ1) is 9.58. The summed E-state index contributed by atoms with van der Waals surface area (Å²) >= 11 is 0. The average Bonchev–Trinajstić information content (AvgIpc) is 2.64. The van der Waals surface area contributed by atoms with E-state index in [1.165, 1.54) is 0 Å². The number of nitrogen functional groups attached to an aromatic ring is 1. The number of benzene rings is 1. The van der Waals surface area contributed by atoms with Crippen molar-refractivity contribution in [3.8, 4) is 11.4 Å². The van der Waals surface area contributed by atoms with Crippen LogP contribution in [0.25, 0.3) is 5.69 Å². The number of hydrogen-bond acceptors (Lipinski definition) is 3. The van der Waals surface area contributed by atoms with Gasteiger partial charge in [-0.25, -0.2) is 4.98 Å². The maximum Gasteiger partial charge on any atom is 0.144 e. The van der Waals surface area contributed by atoms with Gasteiger partial charge in [-0.05, 0) is 19.1 Å². The highest BCUT2D eigenvalue weighted by atomic mass is 16.5. The second-order valence-corrected chi connectivity index (χ2v) is 3.34. The Kier molecular flexibility index (Phi) is 2.33. The molecular formula is C11H13N3O. The predicted octanol–water partition coefficient (Wildman–Crippen LogP) is 1.77. The first-order chi connectivity index (χ1) is 7.22. The summed E-state index contributed by atoms with van der Waals surface area (Å²) in [6.45, 7) is 1.99. The van der Waals surface area contributed by atoms with Crippen molar-refractivity contribution < 1.29 is 4.74 Å². The number of nitrogens with zero attached hydrogens (tertiary/aromatic N) is 2. The smallest absolute Gasteiger partial charge is 0.144 e. The van der Waals surface area contributed by atoms with Gasteiger partial charge >= 0.3 is 0 Å². The third-order valence-corrected chi connectivity index (χ3v) is 2.29. The van der Waals surface area contributed by atoms with Crippen LogP contribution in [0.15, 0.2) is 30.7 Å². The fourth-order valence-electron chi connectivity index (χ4n) is 1.51. The fraction of sp³-hybridized carbons (Fsp3) is 0.182. The third-order valence-electron chi connectivity index (χ3n) is 2.29. The van der Waals surface area contributed by atoms with Gasteiger partial charge in [-0.3, -0.25) is 4.57 Å². The topological polar surface area (TPSA) is 53.1 Å². The van der Waals surface area contributed by atoms with Gasteiger partial charge in [0.15, 0.2) is 0 Å². The Morgan fingerprint density at radius 1 is 1.40 bits per heavy atom. The average molecular weight is 203 g/mol. The minimum atomic E-state index is 0.688. The van der Waals surface area contributed by atoms with Crippen molar-refractivity contribution in [3.63, 3.8) is 0 Å². The molecule has 0 saturated heterocycles. The molecule has 0 aliphatic rings. The summed E-state index contributed by atoms with van der Waals surface area (Å²) in [5.41, 5.74) is 8.38. The Morgan fingerprint density at radius 3 is 2.80 bits per heavy atom. The van der Waals surface area contributed by atoms with Crippen molar-refractivity contribution in [2.75, 3.05) is 12.8 Å². The van der Waals surface area contributed by atoms with E-state index < -0.39 is 0 Å². The Labute approximate surface area is 88.3 Å². The lowest BCUT2D eigenvalue weighted by Gasteiger charge is -2.11. The van der Waals surface area contributed by atoms with Crippen molar-refractivity contribution in [3.05, 3.63) is 36.4 Å². The molecule has 1 aromatic carbocycles. The monoisotopic (exact) mass is 203 g/mol. The molecule has 0 fully saturated rings. The molecule has 2 rings (SSSR count). The largest absolute Gasteiger partial charge is 0.494 e. The van der Waals surface area contributed by atoms with Crippen LogP contribution in [0, 0.1) is 6.92 Å². The number of rotatable bonds is 2. The summed E-state index contributed by atoms with van der Waals surface area (Å²) in [5, 5.41) is 0. The van der Waals surface area contributed by atoms with E-state index in [1.54, 1.807) is 25.7 Å². The number of anilines is 1. The van der Waals surface area contributed by atoms with E-state index in [9.17, 15) is 0 Å². The van der Waals surface area contributed by atoms with Crippen molar-refractivity contribution in [2.24, 2.45) is 0 Å². The van der Waals surface area contributed by atoms with Crippen LogP contribution in [0.1, 0.15) is 5.69 Å². The number of ether oxygens (including phenoxy) is 1. The molecule has 2 aromatic rings. The summed E-state index contributed by atoms with van der Waals surface area (Å²) in [5.74, 6) is 0.746. The quantitative estimate of drug-likeness (QED) is 0.757. The van der Waals surface area contributed by atoms with Crippen molar-refractivity contribution >= 4 is 5.69 Å². The van der Waals surface area contributed by atoms with E-state index in [4.69, 9.17) is 10.5 Å². The van der Waals surface area contributed by atoms with Gasteiger partial charge in [0.25, 0.3) is 0 Å². The molecule has 0 spiro atoms. The first-order valence-corrected chi connectivity index (χ1v) is 4.65. The van der Waals surface area contributed by atoms with Crippen LogP contribution in [0.4, 0.5) is 5.69 Å². The molecule has 4 heteroatoms. The van der Waals surface area contributed by atoms with Gasteiger partial charge in [-0.1, -0.05) is 0 Å². The van der Waals surface area contributed by atoms with Gasteiger partial charge < -0.3 is 10.5 Å². The van der Waals surface area contributed by atoms with E-state index in [-0.39, 0.29) is 0 Å². The number of methoxy groups -OCH3 is 1. The van der Waals surface area contributed by atoms with Gasteiger partial charge in [-0.15, -0.1) is 0 Å². The Bertz CT molecular complexity index is 476. The van der Waals surface area contributed by atoms with E-state index in [1.807, 2.05) is 23.6 Å². The van der Waals surface area contributed by atoms with E-state index >= 15 is 0 Å². The van der Waals surface area contributed by atoms with Crippen LogP contribution in [-0.2, 0) is 0 Å². The molecule has 1 heterocycles. The summed E-state index contributed by atoms with van der Waals surface area (Å²) < 4.78 is 7.23. The standard InChI is InChI=1S/C11H13N3O/c1-8-6-13-7-14(8)10-4-3-9(12)5-11(10)15-2/h3-7H,12H2,1-2H3. The Balaban J connectivity index is 2.58. The molecule has 0 radical (unpaired) electrons. The molecule has 2 N–H and O–H groups in total. The highest BCUT2D eigenvalue weighted by Gasteiger charge is 2.07. The van der Waals surface area contributed by atoms with Gasteiger partial charge in [0.05, 0.1) is 19.1 Å². The molecule has 0 aliphatic carbocycles. The second-order valence-electron chi connectivity index (χ2n) is 3.34. The van der Waals surface area contributed by atoms with Crippen molar-refractivity contribution in [1.29, 1.82) is 0 Å². The molecule has 15 heavy (non-hydrogen) atoms. The Morgan fingerprint density at radius 2 is 2.20 bits per heavy atom. The summed E-state index contributed by atoms with van der Waals surface area (Å²) in [7, 11) is 1.63. The SMILES string of the molecule is COc1cc(N)ccc1-n1cncc1C. The van der Waals surface area contributed by atoms with Gasteiger partial charge in [-0.2, -0.15) is 0 Å². The maximum absolute atomic E-state index is 5.69. The van der Waals surface area contributed by atoms with Crippen molar-refractivity contribution in [1.82, 2.24) is 9.55 Å². The zero-order chi connectivity index (χ0) is 10.8. The van der Waals surface area contributed by atoms with Crippen LogP contribution in [-0.4, -0.2) is 16.7 Å². The molecule has 0 atom stereocenters. The third kappa shape index (κ3) is 1.66. The summed E-state index contributed by atoms with van der Waals surface area (Å²) in [6, 6.07) is 5.56. The highest BCUT2D eigenvalue weighted by molar-refractivity contribution is 5.56. The van der Waals surface area contributed by atoms with Gasteiger partial charge in [0, 0.05) is 23.6 Å². The lowest BCUT2D eigenvalue weighted by molar-refractivity contribution is 0.413. The lowest BCUT2D eigenvalue weighted by atomic mass is 10.2. The molecule has 1 aromatic heterocycles. The predicted molar refractivity (Wildman–Crippen MR) is 59.3 cm³/mol. The lowest BCUT2D eigenvalue weighted by Crippen LogP contribution is -1.99. The van der Waals surface area contributed by atoms with Crippen LogP contribution in [0.2, 0.25) is 0 Å². The molecule has 0 unspecified atom stereocenters. The van der Waals surface area contributed by atoms with Gasteiger partial charge in [0.1, 0.15) is 5.75 Å². The van der Waals surface area contributed by atoms with Crippen LogP contribution in [0.5, 0.6) is 5.75 Å². The van der Waals surface area contributed by atoms with E-state index in [0.29, 0.717) is 5.69 Å². The zero-order valence-corrected chi connectivity index (χ0v) is 8.77. The molecular weight excluding hydrogens is 190 g/mol. The number of hydrogen-bond donors (Lipinski definition) is 1. The van der Waals surface area contributed by atoms with Crippen molar-refractivity contribution in [2.45, 2.75) is 6.92 Å². The minimum Gasteiger partial charge on any atom is -0.494 e. The molecule has 4 nitrogen and oxygen atoms in total. The molecule has 0 saturated carbocycles. The van der Waals surface area contributed by atoms with E-state index in [0.717, 1.165) is 17.1 Å². The molecule has 78 valence electrons. The maximum atomic E-state index is 5.69. The second kappa shape index (κ2) is 3.65. The zero-order valence-electron chi connectivity index (χ0n) is 8.77. The number of imidazole rings is 1. The van der Waals surface area contributed by atoms with Gasteiger partial charge in [0.2, 0.25) is 0 Å². The number of aryl methyl sites for hydroxylation is 1. The normalized spacial score (nSPS) is 10.3. The van der Waals surface area contributed by atoms with Crippen LogP contribution >= 0.6 is 0 Å². The van der Waals surface area contributed by atoms with Crippen LogP contribution in [0.3, 0.4) is 0 Å². The molecule has 0 bridgehead atoms. The summed E-state index contributed by atoms with van der Waals surface area (Å²) in [6.07, 6.45) is 3.55. The number of aromatic nitrogens is 2. The van der Waals surface area contributed by atoms with E-state index in [2.05, 4.69) is 4.98 Å². The number of nitrogens with two attached hydrogens (primary N) is 1. The molecule has 0 amide bonds. The van der Waals surface area contributed by atoms with Crippen LogP contribution < -0.4 is 10.5 Å².